The molecule has 0 atom stereocenters. The van der Waals surface area contributed by atoms with Gasteiger partial charge in [-0.05, 0) is 40.4 Å². The summed E-state index contributed by atoms with van der Waals surface area (Å²) < 4.78 is 2.10. The van der Waals surface area contributed by atoms with Gasteiger partial charge in [0.2, 0.25) is 0 Å². The third-order valence-corrected chi connectivity index (χ3v) is 3.56. The first kappa shape index (κ1) is 15.0. The first-order valence-corrected chi connectivity index (χ1v) is 7.00. The maximum absolute atomic E-state index is 10.6. The summed E-state index contributed by atoms with van der Waals surface area (Å²) in [6, 6.07) is 0. The van der Waals surface area contributed by atoms with E-state index in [0.29, 0.717) is 0 Å². The van der Waals surface area contributed by atoms with E-state index in [2.05, 4.69) is 28.5 Å². The Morgan fingerprint density at radius 1 is 1.50 bits per heavy atom. The number of carbonyl (C=O) groups is 1. The van der Waals surface area contributed by atoms with Crippen LogP contribution in [0.5, 0.6) is 0 Å². The average Bonchev–Trinajstić information content (AvgIpc) is 2.63. The molecule has 5 nitrogen and oxygen atoms in total. The van der Waals surface area contributed by atoms with Crippen molar-refractivity contribution in [1.29, 1.82) is 0 Å². The molecule has 0 bridgehead atoms. The highest BCUT2D eigenvalue weighted by Crippen LogP contribution is 2.18. The Bertz CT molecular complexity index is 391. The first-order valence-electron chi connectivity index (χ1n) is 6.02. The second-order valence-corrected chi connectivity index (χ2v) is 5.47. The fraction of sp³-hybridized carbons (Fsp3) is 0.667. The largest absolute Gasteiger partial charge is 0.481 e. The molecular formula is C12H21N3O2S. The van der Waals surface area contributed by atoms with Gasteiger partial charge < -0.3 is 14.6 Å². The van der Waals surface area contributed by atoms with Crippen LogP contribution in [-0.4, -0.2) is 51.9 Å². The first-order chi connectivity index (χ1) is 8.50. The van der Waals surface area contributed by atoms with Crippen LogP contribution in [0.15, 0.2) is 11.4 Å². The van der Waals surface area contributed by atoms with E-state index in [1.807, 2.05) is 6.92 Å². The highest BCUT2D eigenvalue weighted by Gasteiger charge is 2.09. The van der Waals surface area contributed by atoms with Crippen molar-refractivity contribution >= 4 is 17.7 Å². The van der Waals surface area contributed by atoms with Crippen LogP contribution >= 0.6 is 11.8 Å². The van der Waals surface area contributed by atoms with E-state index in [0.717, 1.165) is 36.8 Å². The van der Waals surface area contributed by atoms with Crippen LogP contribution < -0.4 is 0 Å². The van der Waals surface area contributed by atoms with Crippen LogP contribution in [0, 0.1) is 6.92 Å². The lowest BCUT2D eigenvalue weighted by molar-refractivity contribution is -0.133. The van der Waals surface area contributed by atoms with Gasteiger partial charge in [-0.3, -0.25) is 4.79 Å². The monoisotopic (exact) mass is 271 g/mol. The molecule has 1 rings (SSSR count). The number of imidazole rings is 1. The predicted molar refractivity (Wildman–Crippen MR) is 73.1 cm³/mol. The lowest BCUT2D eigenvalue weighted by atomic mass is 10.3. The summed E-state index contributed by atoms with van der Waals surface area (Å²) >= 11 is 1.28. The Labute approximate surface area is 112 Å². The maximum Gasteiger partial charge on any atom is 0.313 e. The smallest absolute Gasteiger partial charge is 0.313 e. The molecule has 1 aromatic heterocycles. The zero-order chi connectivity index (χ0) is 13.5. The number of unbranched alkanes of at least 4 members (excludes halogenated alkanes) is 1. The van der Waals surface area contributed by atoms with Crippen LogP contribution in [-0.2, 0) is 11.3 Å². The molecule has 6 heteroatoms. The third-order valence-electron chi connectivity index (χ3n) is 2.58. The molecule has 0 amide bonds. The zero-order valence-electron chi connectivity index (χ0n) is 11.2. The molecule has 0 aromatic carbocycles. The van der Waals surface area contributed by atoms with Gasteiger partial charge in [0.25, 0.3) is 0 Å². The summed E-state index contributed by atoms with van der Waals surface area (Å²) in [4.78, 5) is 17.0. The molecule has 0 saturated heterocycles. The molecule has 1 N–H and O–H groups in total. The van der Waals surface area contributed by atoms with Crippen molar-refractivity contribution in [3.8, 4) is 0 Å². The SMILES string of the molecule is Cc1cnc(SCC(=O)O)n1CCCCN(C)C. The quantitative estimate of drug-likeness (QED) is 0.576. The molecule has 0 fully saturated rings. The van der Waals surface area contributed by atoms with Gasteiger partial charge in [-0.15, -0.1) is 0 Å². The van der Waals surface area contributed by atoms with Gasteiger partial charge in [0.15, 0.2) is 5.16 Å². The molecule has 0 radical (unpaired) electrons. The van der Waals surface area contributed by atoms with Gasteiger partial charge in [0.1, 0.15) is 0 Å². The lowest BCUT2D eigenvalue weighted by Gasteiger charge is -2.11. The fourth-order valence-electron chi connectivity index (χ4n) is 1.65. The number of rotatable bonds is 8. The van der Waals surface area contributed by atoms with Crippen molar-refractivity contribution in [3.63, 3.8) is 0 Å². The molecule has 0 aliphatic heterocycles. The van der Waals surface area contributed by atoms with Gasteiger partial charge in [0.05, 0.1) is 5.75 Å². The number of carboxylic acids is 1. The van der Waals surface area contributed by atoms with E-state index < -0.39 is 5.97 Å². The molecule has 18 heavy (non-hydrogen) atoms. The Hall–Kier alpha value is -1.01. The van der Waals surface area contributed by atoms with E-state index in [-0.39, 0.29) is 5.75 Å². The number of nitrogens with zero attached hydrogens (tertiary/aromatic N) is 3. The zero-order valence-corrected chi connectivity index (χ0v) is 12.0. The van der Waals surface area contributed by atoms with Crippen LogP contribution in [0.2, 0.25) is 0 Å². The highest BCUT2D eigenvalue weighted by atomic mass is 32.2. The van der Waals surface area contributed by atoms with Crippen LogP contribution in [0.25, 0.3) is 0 Å². The van der Waals surface area contributed by atoms with E-state index in [4.69, 9.17) is 5.11 Å². The van der Waals surface area contributed by atoms with Crippen molar-refractivity contribution in [1.82, 2.24) is 14.5 Å². The summed E-state index contributed by atoms with van der Waals surface area (Å²) in [6.07, 6.45) is 4.01. The molecule has 0 spiro atoms. The fourth-order valence-corrected chi connectivity index (χ4v) is 2.42. The topological polar surface area (TPSA) is 58.4 Å². The van der Waals surface area contributed by atoms with Crippen molar-refractivity contribution in [3.05, 3.63) is 11.9 Å². The normalized spacial score (nSPS) is 11.1. The van der Waals surface area contributed by atoms with Crippen molar-refractivity contribution in [2.75, 3.05) is 26.4 Å². The highest BCUT2D eigenvalue weighted by molar-refractivity contribution is 7.99. The molecule has 0 aliphatic carbocycles. The second-order valence-electron chi connectivity index (χ2n) is 4.53. The molecule has 1 aromatic rings. The summed E-state index contributed by atoms with van der Waals surface area (Å²) in [6.45, 7) is 3.98. The number of thioether (sulfide) groups is 1. The van der Waals surface area contributed by atoms with Crippen LogP contribution in [0.1, 0.15) is 18.5 Å². The molecule has 0 aliphatic rings. The Morgan fingerprint density at radius 3 is 2.83 bits per heavy atom. The number of hydrogen-bond donors (Lipinski definition) is 1. The van der Waals surface area contributed by atoms with E-state index in [1.165, 1.54) is 11.8 Å². The van der Waals surface area contributed by atoms with E-state index in [9.17, 15) is 4.79 Å². The number of hydrogen-bond acceptors (Lipinski definition) is 4. The predicted octanol–water partition coefficient (Wildman–Crippen LogP) is 1.71. The summed E-state index contributed by atoms with van der Waals surface area (Å²) in [5.74, 6) is -0.742. The van der Waals surface area contributed by atoms with E-state index >= 15 is 0 Å². The molecule has 0 saturated carbocycles. The molecule has 0 unspecified atom stereocenters. The second kappa shape index (κ2) is 7.43. The molecule has 1 heterocycles. The van der Waals surface area contributed by atoms with Gasteiger partial charge in [-0.25, -0.2) is 4.98 Å². The average molecular weight is 271 g/mol. The van der Waals surface area contributed by atoms with Crippen molar-refractivity contribution < 1.29 is 9.90 Å². The number of carboxylic acid groups (broad SMARTS) is 1. The Morgan fingerprint density at radius 2 is 2.22 bits per heavy atom. The van der Waals surface area contributed by atoms with Gasteiger partial charge in [-0.1, -0.05) is 11.8 Å². The molecular weight excluding hydrogens is 250 g/mol. The van der Waals surface area contributed by atoms with E-state index in [1.54, 1.807) is 6.20 Å². The minimum absolute atomic E-state index is 0.0636. The summed E-state index contributed by atoms with van der Waals surface area (Å²) in [5, 5.41) is 9.49. The van der Waals surface area contributed by atoms with Gasteiger partial charge >= 0.3 is 5.97 Å². The van der Waals surface area contributed by atoms with Crippen molar-refractivity contribution in [2.45, 2.75) is 31.5 Å². The third kappa shape index (κ3) is 5.10. The minimum Gasteiger partial charge on any atom is -0.481 e. The van der Waals surface area contributed by atoms with Crippen LogP contribution in [0.4, 0.5) is 0 Å². The van der Waals surface area contributed by atoms with Crippen molar-refractivity contribution in [2.24, 2.45) is 0 Å². The number of aliphatic carboxylic acids is 1. The maximum atomic E-state index is 10.6. The minimum atomic E-state index is -0.806. The summed E-state index contributed by atoms with van der Waals surface area (Å²) in [5.41, 5.74) is 1.09. The van der Waals surface area contributed by atoms with Crippen LogP contribution in [0.3, 0.4) is 0 Å². The Balaban J connectivity index is 2.47. The Kier molecular flexibility index (Phi) is 6.21. The molecule has 102 valence electrons. The summed E-state index contributed by atoms with van der Waals surface area (Å²) in [7, 11) is 4.13. The van der Waals surface area contributed by atoms with Gasteiger partial charge in [0, 0.05) is 18.4 Å². The standard InChI is InChI=1S/C12H21N3O2S/c1-10-8-13-12(18-9-11(16)17)15(10)7-5-4-6-14(2)3/h8H,4-7,9H2,1-3H3,(H,16,17). The lowest BCUT2D eigenvalue weighted by Crippen LogP contribution is -2.14. The number of aromatic nitrogens is 2. The number of aryl methyl sites for hydroxylation is 1. The van der Waals surface area contributed by atoms with Gasteiger partial charge in [-0.2, -0.15) is 0 Å².